The average molecular weight is 283 g/mol. The number of rotatable bonds is 6. The minimum atomic E-state index is -0.371. The molecule has 5 heteroatoms. The number of carbonyl (C=O) groups is 1. The third kappa shape index (κ3) is 5.29. The smallest absolute Gasteiger partial charge is 0.315 e. The van der Waals surface area contributed by atoms with Crippen LogP contribution in [0.25, 0.3) is 0 Å². The van der Waals surface area contributed by atoms with Crippen molar-refractivity contribution in [1.82, 2.24) is 15.5 Å². The molecule has 2 rings (SSSR count). The number of amides is 2. The molecule has 1 heterocycles. The fourth-order valence-corrected chi connectivity index (χ4v) is 3.17. The first-order chi connectivity index (χ1) is 9.75. The largest absolute Gasteiger partial charge is 0.391 e. The molecular formula is C15H29N3O2. The van der Waals surface area contributed by atoms with Gasteiger partial charge >= 0.3 is 6.03 Å². The molecule has 0 aromatic rings. The Hall–Kier alpha value is -0.810. The highest BCUT2D eigenvalue weighted by Gasteiger charge is 2.24. The van der Waals surface area contributed by atoms with E-state index in [4.69, 9.17) is 0 Å². The third-order valence-corrected chi connectivity index (χ3v) is 4.43. The van der Waals surface area contributed by atoms with Gasteiger partial charge in [0.25, 0.3) is 0 Å². The SMILES string of the molecule is O=C(NCCCCN1CCCC1)NC1CCCCC1O. The summed E-state index contributed by atoms with van der Waals surface area (Å²) in [5, 5.41) is 15.6. The lowest BCUT2D eigenvalue weighted by Gasteiger charge is -2.28. The van der Waals surface area contributed by atoms with Crippen molar-refractivity contribution in [2.45, 2.75) is 63.5 Å². The number of aliphatic hydroxyl groups is 1. The summed E-state index contributed by atoms with van der Waals surface area (Å²) in [5.74, 6) is 0. The van der Waals surface area contributed by atoms with Gasteiger partial charge in [0.1, 0.15) is 0 Å². The Kier molecular flexibility index (Phi) is 6.60. The van der Waals surface area contributed by atoms with Crippen molar-refractivity contribution < 1.29 is 9.90 Å². The predicted molar refractivity (Wildman–Crippen MR) is 79.7 cm³/mol. The van der Waals surface area contributed by atoms with Crippen LogP contribution in [0, 0.1) is 0 Å². The minimum Gasteiger partial charge on any atom is -0.391 e. The van der Waals surface area contributed by atoms with E-state index in [1.165, 1.54) is 25.9 Å². The summed E-state index contributed by atoms with van der Waals surface area (Å²) in [7, 11) is 0. The summed E-state index contributed by atoms with van der Waals surface area (Å²) in [6.07, 6.45) is 8.34. The van der Waals surface area contributed by atoms with Crippen molar-refractivity contribution in [1.29, 1.82) is 0 Å². The number of nitrogens with one attached hydrogen (secondary N) is 2. The van der Waals surface area contributed by atoms with E-state index in [1.807, 2.05) is 0 Å². The molecule has 0 spiro atoms. The van der Waals surface area contributed by atoms with Crippen molar-refractivity contribution in [3.8, 4) is 0 Å². The van der Waals surface area contributed by atoms with Gasteiger partial charge in [0.05, 0.1) is 12.1 Å². The van der Waals surface area contributed by atoms with Gasteiger partial charge in [0.15, 0.2) is 0 Å². The van der Waals surface area contributed by atoms with Crippen LogP contribution in [0.3, 0.4) is 0 Å². The van der Waals surface area contributed by atoms with Crippen molar-refractivity contribution in [2.24, 2.45) is 0 Å². The molecule has 0 radical (unpaired) electrons. The normalized spacial score (nSPS) is 27.4. The van der Waals surface area contributed by atoms with Gasteiger partial charge in [-0.3, -0.25) is 0 Å². The van der Waals surface area contributed by atoms with E-state index in [2.05, 4.69) is 15.5 Å². The standard InChI is InChI=1S/C15H29N3O2/c19-14-8-2-1-7-13(14)17-15(20)16-9-3-4-10-18-11-5-6-12-18/h13-14,19H,1-12H2,(H2,16,17,20). The molecule has 2 aliphatic rings. The molecule has 0 bridgehead atoms. The van der Waals surface area contributed by atoms with Crippen LogP contribution in [0.1, 0.15) is 51.4 Å². The average Bonchev–Trinajstić information content (AvgIpc) is 2.94. The number of unbranched alkanes of at least 4 members (excludes halogenated alkanes) is 1. The molecule has 1 saturated heterocycles. The van der Waals surface area contributed by atoms with Crippen molar-refractivity contribution in [3.63, 3.8) is 0 Å². The zero-order valence-electron chi connectivity index (χ0n) is 12.4. The third-order valence-electron chi connectivity index (χ3n) is 4.43. The minimum absolute atomic E-state index is 0.0617. The molecule has 20 heavy (non-hydrogen) atoms. The maximum atomic E-state index is 11.7. The van der Waals surface area contributed by atoms with Crippen LogP contribution in [0.5, 0.6) is 0 Å². The lowest BCUT2D eigenvalue weighted by Crippen LogP contribution is -2.49. The number of carbonyl (C=O) groups excluding carboxylic acids is 1. The van der Waals surface area contributed by atoms with E-state index in [0.29, 0.717) is 0 Å². The Morgan fingerprint density at radius 3 is 2.60 bits per heavy atom. The molecule has 5 nitrogen and oxygen atoms in total. The van der Waals surface area contributed by atoms with Crippen LogP contribution in [0.2, 0.25) is 0 Å². The fourth-order valence-electron chi connectivity index (χ4n) is 3.17. The number of likely N-dealkylation sites (tertiary alicyclic amines) is 1. The van der Waals surface area contributed by atoms with E-state index in [-0.39, 0.29) is 18.2 Å². The Balaban J connectivity index is 1.49. The molecule has 1 aliphatic heterocycles. The Bertz CT molecular complexity index is 293. The predicted octanol–water partition coefficient (Wildman–Crippen LogP) is 1.47. The van der Waals surface area contributed by atoms with Gasteiger partial charge in [-0.2, -0.15) is 0 Å². The monoisotopic (exact) mass is 283 g/mol. The number of aliphatic hydroxyl groups excluding tert-OH is 1. The molecule has 2 fully saturated rings. The molecule has 1 aliphatic carbocycles. The second kappa shape index (κ2) is 8.47. The highest BCUT2D eigenvalue weighted by atomic mass is 16.3. The molecule has 2 atom stereocenters. The molecule has 1 saturated carbocycles. The molecular weight excluding hydrogens is 254 g/mol. The Labute approximate surface area is 122 Å². The first-order valence-electron chi connectivity index (χ1n) is 8.20. The highest BCUT2D eigenvalue weighted by molar-refractivity contribution is 5.74. The van der Waals surface area contributed by atoms with E-state index in [0.717, 1.165) is 51.6 Å². The lowest BCUT2D eigenvalue weighted by molar-refractivity contribution is 0.0943. The molecule has 0 aromatic carbocycles. The second-order valence-corrected chi connectivity index (χ2v) is 6.11. The Morgan fingerprint density at radius 1 is 1.10 bits per heavy atom. The maximum Gasteiger partial charge on any atom is 0.315 e. The fraction of sp³-hybridized carbons (Fsp3) is 0.933. The maximum absolute atomic E-state index is 11.7. The van der Waals surface area contributed by atoms with Gasteiger partial charge in [-0.05, 0) is 58.2 Å². The van der Waals surface area contributed by atoms with Crippen molar-refractivity contribution >= 4 is 6.03 Å². The van der Waals surface area contributed by atoms with E-state index in [9.17, 15) is 9.90 Å². The van der Waals surface area contributed by atoms with Gasteiger partial charge in [-0.15, -0.1) is 0 Å². The van der Waals surface area contributed by atoms with Crippen molar-refractivity contribution in [2.75, 3.05) is 26.2 Å². The van der Waals surface area contributed by atoms with Gasteiger partial charge < -0.3 is 20.6 Å². The Morgan fingerprint density at radius 2 is 1.85 bits per heavy atom. The van der Waals surface area contributed by atoms with E-state index in [1.54, 1.807) is 0 Å². The van der Waals surface area contributed by atoms with Crippen LogP contribution in [0.4, 0.5) is 4.79 Å². The van der Waals surface area contributed by atoms with Crippen molar-refractivity contribution in [3.05, 3.63) is 0 Å². The molecule has 2 unspecified atom stereocenters. The zero-order valence-corrected chi connectivity index (χ0v) is 12.4. The molecule has 116 valence electrons. The first-order valence-corrected chi connectivity index (χ1v) is 8.20. The number of nitrogens with zero attached hydrogens (tertiary/aromatic N) is 1. The zero-order chi connectivity index (χ0) is 14.2. The molecule has 2 amide bonds. The summed E-state index contributed by atoms with van der Waals surface area (Å²) >= 11 is 0. The molecule has 3 N–H and O–H groups in total. The summed E-state index contributed by atoms with van der Waals surface area (Å²) in [6.45, 7) is 4.37. The second-order valence-electron chi connectivity index (χ2n) is 6.11. The van der Waals surface area contributed by atoms with E-state index >= 15 is 0 Å². The summed E-state index contributed by atoms with van der Waals surface area (Å²) in [4.78, 5) is 14.2. The topological polar surface area (TPSA) is 64.6 Å². The van der Waals surface area contributed by atoms with Gasteiger partial charge in [0, 0.05) is 6.54 Å². The van der Waals surface area contributed by atoms with Crippen LogP contribution in [-0.4, -0.2) is 54.4 Å². The number of urea groups is 1. The van der Waals surface area contributed by atoms with Crippen LogP contribution in [-0.2, 0) is 0 Å². The van der Waals surface area contributed by atoms with Crippen LogP contribution < -0.4 is 10.6 Å². The van der Waals surface area contributed by atoms with Gasteiger partial charge in [-0.25, -0.2) is 4.79 Å². The number of hydrogen-bond donors (Lipinski definition) is 3. The lowest BCUT2D eigenvalue weighted by atomic mass is 9.93. The number of hydrogen-bond acceptors (Lipinski definition) is 3. The van der Waals surface area contributed by atoms with Crippen LogP contribution >= 0.6 is 0 Å². The van der Waals surface area contributed by atoms with E-state index < -0.39 is 0 Å². The molecule has 0 aromatic heterocycles. The van der Waals surface area contributed by atoms with Gasteiger partial charge in [0.2, 0.25) is 0 Å². The van der Waals surface area contributed by atoms with Gasteiger partial charge in [-0.1, -0.05) is 12.8 Å². The first kappa shape index (κ1) is 15.6. The highest BCUT2D eigenvalue weighted by Crippen LogP contribution is 2.18. The quantitative estimate of drug-likeness (QED) is 0.647. The summed E-state index contributed by atoms with van der Waals surface area (Å²) in [6, 6.07) is -0.189. The van der Waals surface area contributed by atoms with Crippen LogP contribution in [0.15, 0.2) is 0 Å². The summed E-state index contributed by atoms with van der Waals surface area (Å²) in [5.41, 5.74) is 0. The summed E-state index contributed by atoms with van der Waals surface area (Å²) < 4.78 is 0.